The average Bonchev–Trinajstić information content (AvgIpc) is 2.66. The Morgan fingerprint density at radius 1 is 1.33 bits per heavy atom. The van der Waals surface area contributed by atoms with Gasteiger partial charge in [0.2, 0.25) is 5.52 Å². The molecular formula is C9H11N4O2+. The van der Waals surface area contributed by atoms with E-state index in [1.807, 2.05) is 13.8 Å². The number of rotatable bonds is 3. The van der Waals surface area contributed by atoms with Crippen LogP contribution in [0.1, 0.15) is 13.8 Å². The highest BCUT2D eigenvalue weighted by Crippen LogP contribution is 2.24. The van der Waals surface area contributed by atoms with Crippen molar-refractivity contribution in [2.45, 2.75) is 19.9 Å². The summed E-state index contributed by atoms with van der Waals surface area (Å²) in [5.41, 5.74) is 2.17. The van der Waals surface area contributed by atoms with Crippen molar-refractivity contribution in [3.8, 4) is 0 Å². The molecule has 2 N–H and O–H groups in total. The van der Waals surface area contributed by atoms with Gasteiger partial charge in [-0.3, -0.25) is 0 Å². The van der Waals surface area contributed by atoms with E-state index >= 15 is 0 Å². The molecule has 0 fully saturated rings. The highest BCUT2D eigenvalue weighted by atomic mass is 16.6. The molecule has 0 aliphatic heterocycles. The third-order valence-electron chi connectivity index (χ3n) is 1.97. The first-order valence-corrected chi connectivity index (χ1v) is 4.62. The van der Waals surface area contributed by atoms with Crippen LogP contribution in [0, 0.1) is 4.91 Å². The molecule has 78 valence electrons. The van der Waals surface area contributed by atoms with Crippen LogP contribution in [0.2, 0.25) is 0 Å². The van der Waals surface area contributed by atoms with Crippen molar-refractivity contribution in [2.75, 3.05) is 5.32 Å². The van der Waals surface area contributed by atoms with Crippen LogP contribution in [0.3, 0.4) is 0 Å². The van der Waals surface area contributed by atoms with E-state index in [9.17, 15) is 4.91 Å². The summed E-state index contributed by atoms with van der Waals surface area (Å²) in [6, 6.07) is 3.69. The van der Waals surface area contributed by atoms with Crippen LogP contribution in [-0.4, -0.2) is 16.4 Å². The minimum atomic E-state index is 0.274. The molecule has 0 radical (unpaired) electrons. The van der Waals surface area contributed by atoms with Crippen molar-refractivity contribution in [2.24, 2.45) is 0 Å². The minimum Gasteiger partial charge on any atom is -0.381 e. The van der Waals surface area contributed by atoms with Gasteiger partial charge in [0.15, 0.2) is 5.52 Å². The zero-order chi connectivity index (χ0) is 10.8. The van der Waals surface area contributed by atoms with Gasteiger partial charge in [-0.2, -0.15) is 0 Å². The molecule has 0 aliphatic rings. The molecule has 1 heterocycles. The number of nitrogens with one attached hydrogen (secondary N) is 2. The van der Waals surface area contributed by atoms with E-state index in [2.05, 4.69) is 20.3 Å². The number of hydrogen-bond donors (Lipinski definition) is 2. The normalized spacial score (nSPS) is 10.9. The molecular weight excluding hydrogens is 196 g/mol. The number of fused-ring (bicyclic) bond motifs is 1. The molecule has 0 saturated carbocycles. The number of hydrogen-bond acceptors (Lipinski definition) is 5. The molecule has 15 heavy (non-hydrogen) atoms. The Hall–Kier alpha value is -1.98. The van der Waals surface area contributed by atoms with Gasteiger partial charge in [0.05, 0.1) is 5.69 Å². The number of aromatic nitrogens is 2. The number of nitrogens with zero attached hydrogens (tertiary/aromatic N) is 2. The lowest BCUT2D eigenvalue weighted by Crippen LogP contribution is -2.55. The SMILES string of the molecule is CC(C)Nc1ccc([NH+]=O)c2nonc12. The lowest BCUT2D eigenvalue weighted by molar-refractivity contribution is -0.377. The summed E-state index contributed by atoms with van der Waals surface area (Å²) in [5.74, 6) is 0. The van der Waals surface area contributed by atoms with Gasteiger partial charge >= 0.3 is 0 Å². The average molecular weight is 207 g/mol. The van der Waals surface area contributed by atoms with E-state index in [1.54, 1.807) is 17.3 Å². The lowest BCUT2D eigenvalue weighted by Gasteiger charge is -2.08. The second kappa shape index (κ2) is 3.64. The fourth-order valence-electron chi connectivity index (χ4n) is 1.38. The Labute approximate surface area is 85.6 Å². The van der Waals surface area contributed by atoms with Gasteiger partial charge in [-0.15, -0.1) is 0 Å². The monoisotopic (exact) mass is 207 g/mol. The van der Waals surface area contributed by atoms with Crippen molar-refractivity contribution < 1.29 is 9.81 Å². The molecule has 1 aromatic heterocycles. The Morgan fingerprint density at radius 2 is 2.07 bits per heavy atom. The molecule has 0 aliphatic carbocycles. The molecule has 1 aromatic carbocycles. The number of nitroso groups, excluding NO2 is 1. The lowest BCUT2D eigenvalue weighted by atomic mass is 10.2. The highest BCUT2D eigenvalue weighted by Gasteiger charge is 2.16. The first kappa shape index (κ1) is 9.57. The maximum atomic E-state index is 10.6. The first-order valence-electron chi connectivity index (χ1n) is 4.62. The predicted molar refractivity (Wildman–Crippen MR) is 54.6 cm³/mol. The van der Waals surface area contributed by atoms with Crippen molar-refractivity contribution in [3.63, 3.8) is 0 Å². The Bertz CT molecular complexity index is 492. The molecule has 0 amide bonds. The van der Waals surface area contributed by atoms with Gasteiger partial charge in [-0.05, 0) is 30.2 Å². The second-order valence-corrected chi connectivity index (χ2v) is 3.52. The molecule has 0 atom stereocenters. The molecule has 0 unspecified atom stereocenters. The molecule has 6 nitrogen and oxygen atoms in total. The van der Waals surface area contributed by atoms with Crippen LogP contribution in [-0.2, 0) is 0 Å². The Morgan fingerprint density at radius 3 is 2.73 bits per heavy atom. The minimum absolute atomic E-state index is 0.274. The van der Waals surface area contributed by atoms with Crippen molar-refractivity contribution in [1.82, 2.24) is 10.3 Å². The fraction of sp³-hybridized carbons (Fsp3) is 0.333. The molecule has 0 saturated heterocycles. The van der Waals surface area contributed by atoms with E-state index in [4.69, 9.17) is 0 Å². The van der Waals surface area contributed by atoms with E-state index < -0.39 is 0 Å². The van der Waals surface area contributed by atoms with E-state index in [0.29, 0.717) is 16.7 Å². The first-order chi connectivity index (χ1) is 7.22. The van der Waals surface area contributed by atoms with Crippen LogP contribution in [0.15, 0.2) is 16.8 Å². The maximum absolute atomic E-state index is 10.6. The molecule has 0 spiro atoms. The molecule has 2 rings (SSSR count). The molecule has 0 bridgehead atoms. The molecule has 2 aromatic rings. The maximum Gasteiger partial charge on any atom is 0.284 e. The van der Waals surface area contributed by atoms with Crippen LogP contribution < -0.4 is 10.5 Å². The fourth-order valence-corrected chi connectivity index (χ4v) is 1.38. The summed E-state index contributed by atoms with van der Waals surface area (Å²) in [5, 5.41) is 12.4. The van der Waals surface area contributed by atoms with Gasteiger partial charge in [-0.25, -0.2) is 4.63 Å². The van der Waals surface area contributed by atoms with Gasteiger partial charge in [0, 0.05) is 22.2 Å². The molecule has 6 heteroatoms. The van der Waals surface area contributed by atoms with Gasteiger partial charge in [0.1, 0.15) is 0 Å². The summed E-state index contributed by atoms with van der Waals surface area (Å²) in [6.07, 6.45) is 0. The van der Waals surface area contributed by atoms with E-state index in [1.165, 1.54) is 0 Å². The van der Waals surface area contributed by atoms with E-state index in [-0.39, 0.29) is 6.04 Å². The second-order valence-electron chi connectivity index (χ2n) is 3.52. The van der Waals surface area contributed by atoms with Gasteiger partial charge in [0.25, 0.3) is 5.69 Å². The third kappa shape index (κ3) is 1.65. The van der Waals surface area contributed by atoms with Crippen LogP contribution >= 0.6 is 0 Å². The quantitative estimate of drug-likeness (QED) is 0.766. The zero-order valence-corrected chi connectivity index (χ0v) is 8.44. The number of anilines is 1. The van der Waals surface area contributed by atoms with E-state index in [0.717, 1.165) is 5.69 Å². The number of benzene rings is 1. The van der Waals surface area contributed by atoms with Crippen LogP contribution in [0.5, 0.6) is 0 Å². The third-order valence-corrected chi connectivity index (χ3v) is 1.97. The topological polar surface area (TPSA) is 82.0 Å². The van der Waals surface area contributed by atoms with Crippen molar-refractivity contribution in [1.29, 1.82) is 0 Å². The standard InChI is InChI=1S/C9H10N4O2/c1-5(2)10-6-3-4-7(11-14)9-8(6)12-15-13-9/h3-5,10H,1-2H3/p+1. The van der Waals surface area contributed by atoms with Crippen molar-refractivity contribution >= 4 is 22.4 Å². The van der Waals surface area contributed by atoms with Crippen LogP contribution in [0.25, 0.3) is 11.0 Å². The summed E-state index contributed by atoms with van der Waals surface area (Å²) in [7, 11) is 0. The smallest absolute Gasteiger partial charge is 0.284 e. The summed E-state index contributed by atoms with van der Waals surface area (Å²) in [6.45, 7) is 4.03. The predicted octanol–water partition coefficient (Wildman–Crippen LogP) is 0.522. The van der Waals surface area contributed by atoms with Gasteiger partial charge in [-0.1, -0.05) is 0 Å². The van der Waals surface area contributed by atoms with Crippen LogP contribution in [0.4, 0.5) is 11.4 Å². The summed E-state index contributed by atoms with van der Waals surface area (Å²) >= 11 is 0. The Balaban J connectivity index is 2.58. The zero-order valence-electron chi connectivity index (χ0n) is 8.44. The highest BCUT2D eigenvalue weighted by molar-refractivity contribution is 5.93. The van der Waals surface area contributed by atoms with Crippen molar-refractivity contribution in [3.05, 3.63) is 17.0 Å². The summed E-state index contributed by atoms with van der Waals surface area (Å²) in [4.78, 5) is 10.6. The van der Waals surface area contributed by atoms with Gasteiger partial charge < -0.3 is 5.32 Å². The Kier molecular flexibility index (Phi) is 2.32. The summed E-state index contributed by atoms with van der Waals surface area (Å²) < 4.78 is 4.61. The largest absolute Gasteiger partial charge is 0.381 e.